The van der Waals surface area contributed by atoms with Crippen LogP contribution in [0.15, 0.2) is 57.4 Å². The molecule has 2 aromatic carbocycles. The molecule has 0 amide bonds. The van der Waals surface area contributed by atoms with Crippen molar-refractivity contribution < 1.29 is 4.42 Å². The first-order valence-corrected chi connectivity index (χ1v) is 9.03. The molecular formula is C20H20BrNO. The monoisotopic (exact) mass is 369 g/mol. The maximum Gasteiger partial charge on any atom is 0.134 e. The largest absolute Gasteiger partial charge is 0.459 e. The third-order valence-electron chi connectivity index (χ3n) is 4.77. The van der Waals surface area contributed by atoms with E-state index in [1.165, 1.54) is 22.9 Å². The van der Waals surface area contributed by atoms with E-state index in [4.69, 9.17) is 4.42 Å². The molecule has 3 heteroatoms. The van der Waals surface area contributed by atoms with Crippen LogP contribution in [0.4, 0.5) is 0 Å². The van der Waals surface area contributed by atoms with Crippen molar-refractivity contribution in [3.63, 3.8) is 0 Å². The minimum atomic E-state index is 0.292. The van der Waals surface area contributed by atoms with Gasteiger partial charge in [-0.15, -0.1) is 0 Å². The smallest absolute Gasteiger partial charge is 0.134 e. The van der Waals surface area contributed by atoms with E-state index in [0.717, 1.165) is 28.7 Å². The summed E-state index contributed by atoms with van der Waals surface area (Å²) in [6.45, 7) is 2.23. The summed E-state index contributed by atoms with van der Waals surface area (Å²) in [6, 6.07) is 17.5. The Bertz CT molecular complexity index is 824. The van der Waals surface area contributed by atoms with Crippen molar-refractivity contribution in [2.75, 3.05) is 0 Å². The van der Waals surface area contributed by atoms with Gasteiger partial charge in [0.25, 0.3) is 0 Å². The summed E-state index contributed by atoms with van der Waals surface area (Å²) in [7, 11) is 0. The van der Waals surface area contributed by atoms with Gasteiger partial charge < -0.3 is 9.73 Å². The highest BCUT2D eigenvalue weighted by molar-refractivity contribution is 9.10. The highest BCUT2D eigenvalue weighted by Gasteiger charge is 2.27. The van der Waals surface area contributed by atoms with Gasteiger partial charge in [-0.1, -0.05) is 46.3 Å². The molecule has 1 heterocycles. The Balaban J connectivity index is 1.66. The zero-order valence-corrected chi connectivity index (χ0v) is 14.8. The second kappa shape index (κ2) is 6.14. The molecule has 2 atom stereocenters. The number of hydrogen-bond acceptors (Lipinski definition) is 2. The Morgan fingerprint density at radius 3 is 2.83 bits per heavy atom. The van der Waals surface area contributed by atoms with Gasteiger partial charge in [-0.2, -0.15) is 0 Å². The molecule has 0 radical (unpaired) electrons. The highest BCUT2D eigenvalue weighted by atomic mass is 79.9. The Morgan fingerprint density at radius 2 is 2.00 bits per heavy atom. The van der Waals surface area contributed by atoms with Gasteiger partial charge in [0.15, 0.2) is 0 Å². The van der Waals surface area contributed by atoms with Gasteiger partial charge in [0.2, 0.25) is 0 Å². The minimum absolute atomic E-state index is 0.292. The van der Waals surface area contributed by atoms with Crippen LogP contribution in [-0.2, 0) is 6.42 Å². The summed E-state index contributed by atoms with van der Waals surface area (Å²) in [4.78, 5) is 0. The van der Waals surface area contributed by atoms with Gasteiger partial charge in [0.05, 0.1) is 6.04 Å². The number of aryl methyl sites for hydroxylation is 1. The number of benzene rings is 2. The second-order valence-corrected chi connectivity index (χ2v) is 7.24. The summed E-state index contributed by atoms with van der Waals surface area (Å²) in [5.74, 6) is 1.13. The lowest BCUT2D eigenvalue weighted by molar-refractivity contribution is 0.353. The van der Waals surface area contributed by atoms with Crippen LogP contribution in [0.5, 0.6) is 0 Å². The molecule has 0 spiro atoms. The Hall–Kier alpha value is -1.58. The van der Waals surface area contributed by atoms with Gasteiger partial charge >= 0.3 is 0 Å². The van der Waals surface area contributed by atoms with Gasteiger partial charge in [-0.05, 0) is 49.9 Å². The topological polar surface area (TPSA) is 25.2 Å². The average molecular weight is 370 g/mol. The molecule has 1 aliphatic rings. The zero-order valence-electron chi connectivity index (χ0n) is 13.2. The minimum Gasteiger partial charge on any atom is -0.459 e. The van der Waals surface area contributed by atoms with Crippen LogP contribution in [0.25, 0.3) is 11.0 Å². The molecule has 0 bridgehead atoms. The average Bonchev–Trinajstić information content (AvgIpc) is 2.95. The summed E-state index contributed by atoms with van der Waals surface area (Å²) < 4.78 is 7.32. The number of nitrogens with one attached hydrogen (secondary N) is 1. The molecule has 23 heavy (non-hydrogen) atoms. The Labute approximate surface area is 145 Å². The SMILES string of the molecule is C[C@@H](NC1CCCc2c1oc1ccc(Br)cc21)c1ccccc1. The number of furan rings is 1. The molecule has 2 nitrogen and oxygen atoms in total. The summed E-state index contributed by atoms with van der Waals surface area (Å²) >= 11 is 3.57. The van der Waals surface area contributed by atoms with Crippen LogP contribution >= 0.6 is 15.9 Å². The van der Waals surface area contributed by atoms with E-state index in [-0.39, 0.29) is 0 Å². The third-order valence-corrected chi connectivity index (χ3v) is 5.26. The number of rotatable bonds is 3. The van der Waals surface area contributed by atoms with E-state index >= 15 is 0 Å². The van der Waals surface area contributed by atoms with Crippen molar-refractivity contribution in [2.24, 2.45) is 0 Å². The maximum atomic E-state index is 6.21. The third kappa shape index (κ3) is 2.84. The predicted octanol–water partition coefficient (Wildman–Crippen LogP) is 5.92. The fraction of sp³-hybridized carbons (Fsp3) is 0.300. The number of halogens is 1. The fourth-order valence-corrected chi connectivity index (χ4v) is 3.95. The predicted molar refractivity (Wildman–Crippen MR) is 97.6 cm³/mol. The van der Waals surface area contributed by atoms with Crippen molar-refractivity contribution in [3.8, 4) is 0 Å². The Kier molecular flexibility index (Phi) is 4.00. The first-order valence-electron chi connectivity index (χ1n) is 8.24. The van der Waals surface area contributed by atoms with E-state index in [2.05, 4.69) is 70.6 Å². The zero-order chi connectivity index (χ0) is 15.8. The molecule has 3 aromatic rings. The Morgan fingerprint density at radius 1 is 1.17 bits per heavy atom. The van der Waals surface area contributed by atoms with Gasteiger partial charge in [0.1, 0.15) is 11.3 Å². The van der Waals surface area contributed by atoms with Gasteiger partial charge in [-0.3, -0.25) is 0 Å². The number of hydrogen-bond donors (Lipinski definition) is 1. The molecule has 0 saturated heterocycles. The van der Waals surface area contributed by atoms with Crippen molar-refractivity contribution in [1.82, 2.24) is 5.32 Å². The van der Waals surface area contributed by atoms with E-state index in [0.29, 0.717) is 12.1 Å². The van der Waals surface area contributed by atoms with Crippen molar-refractivity contribution >= 4 is 26.9 Å². The van der Waals surface area contributed by atoms with E-state index in [1.807, 2.05) is 6.07 Å². The lowest BCUT2D eigenvalue weighted by Gasteiger charge is -2.26. The highest BCUT2D eigenvalue weighted by Crippen LogP contribution is 2.39. The lowest BCUT2D eigenvalue weighted by Crippen LogP contribution is -2.27. The molecular weight excluding hydrogens is 350 g/mol. The standard InChI is InChI=1S/C20H20BrNO/c1-13(14-6-3-2-4-7-14)22-18-9-5-8-16-17-12-15(21)10-11-19(17)23-20(16)18/h2-4,6-7,10-13,18,22H,5,8-9H2,1H3/t13-,18?/m1/s1. The van der Waals surface area contributed by atoms with E-state index < -0.39 is 0 Å². The van der Waals surface area contributed by atoms with E-state index in [1.54, 1.807) is 0 Å². The summed E-state index contributed by atoms with van der Waals surface area (Å²) in [6.07, 6.45) is 3.44. The van der Waals surface area contributed by atoms with Crippen LogP contribution in [0.1, 0.15) is 48.7 Å². The molecule has 4 rings (SSSR count). The van der Waals surface area contributed by atoms with Crippen molar-refractivity contribution in [2.45, 2.75) is 38.3 Å². The van der Waals surface area contributed by atoms with Crippen LogP contribution in [0.2, 0.25) is 0 Å². The van der Waals surface area contributed by atoms with Gasteiger partial charge in [-0.25, -0.2) is 0 Å². The molecule has 118 valence electrons. The van der Waals surface area contributed by atoms with Gasteiger partial charge in [0, 0.05) is 21.5 Å². The fourth-order valence-electron chi connectivity index (χ4n) is 3.59. The molecule has 1 aromatic heterocycles. The molecule has 1 aliphatic carbocycles. The van der Waals surface area contributed by atoms with Crippen LogP contribution in [-0.4, -0.2) is 0 Å². The van der Waals surface area contributed by atoms with E-state index in [9.17, 15) is 0 Å². The molecule has 0 fully saturated rings. The first kappa shape index (κ1) is 15.0. The molecule has 0 saturated carbocycles. The molecule has 1 N–H and O–H groups in total. The molecule has 1 unspecified atom stereocenters. The quantitative estimate of drug-likeness (QED) is 0.619. The first-order chi connectivity index (χ1) is 11.2. The van der Waals surface area contributed by atoms with Crippen LogP contribution in [0, 0.1) is 0 Å². The van der Waals surface area contributed by atoms with Crippen molar-refractivity contribution in [1.29, 1.82) is 0 Å². The van der Waals surface area contributed by atoms with Crippen LogP contribution < -0.4 is 5.32 Å². The maximum absolute atomic E-state index is 6.21. The normalized spacial score (nSPS) is 18.8. The number of fused-ring (bicyclic) bond motifs is 3. The lowest BCUT2D eigenvalue weighted by atomic mass is 9.91. The van der Waals surface area contributed by atoms with Crippen molar-refractivity contribution in [3.05, 3.63) is 69.9 Å². The second-order valence-electron chi connectivity index (χ2n) is 6.33. The molecule has 0 aliphatic heterocycles. The summed E-state index contributed by atoms with van der Waals surface area (Å²) in [5.41, 5.74) is 3.70. The summed E-state index contributed by atoms with van der Waals surface area (Å²) in [5, 5.41) is 5.02. The van der Waals surface area contributed by atoms with Crippen LogP contribution in [0.3, 0.4) is 0 Å².